The van der Waals surface area contributed by atoms with E-state index in [0.717, 1.165) is 0 Å². The van der Waals surface area contributed by atoms with Crippen molar-refractivity contribution < 1.29 is 4.58 Å². The van der Waals surface area contributed by atoms with Crippen molar-refractivity contribution in [2.75, 3.05) is 0 Å². The number of rotatable bonds is 3. The molecule has 0 radical (unpaired) electrons. The Morgan fingerprint density at radius 2 is 2.44 bits per heavy atom. The van der Waals surface area contributed by atoms with Crippen LogP contribution in [-0.4, -0.2) is 16.7 Å². The van der Waals surface area contributed by atoms with Crippen molar-refractivity contribution in [1.82, 2.24) is 0 Å². The molecule has 0 saturated heterocycles. The highest BCUT2D eigenvalue weighted by Crippen LogP contribution is 1.98. The quantitative estimate of drug-likeness (QED) is 0.388. The molecule has 2 heteroatoms. The number of aliphatic imine (C=N–C) groups is 1. The number of hydrogen-bond donors (Lipinski definition) is 0. The maximum atomic E-state index is 3.90. The van der Waals surface area contributed by atoms with Gasteiger partial charge in [-0.3, -0.25) is 0 Å². The number of nitrogens with zero attached hydrogens (tertiary/aromatic N) is 2. The third-order valence-corrected chi connectivity index (χ3v) is 0.865. The Balaban J connectivity index is 2.44. The molecule has 0 atom stereocenters. The van der Waals surface area contributed by atoms with Crippen LogP contribution in [0.15, 0.2) is 36.2 Å². The van der Waals surface area contributed by atoms with Crippen LogP contribution >= 0.6 is 0 Å². The largest absolute Gasteiger partial charge is 0.329 e. The molecule has 0 aromatic heterocycles. The smallest absolute Gasteiger partial charge is 0.143 e. The minimum absolute atomic E-state index is 0.676. The lowest BCUT2D eigenvalue weighted by Crippen LogP contribution is -1.85. The highest BCUT2D eigenvalue weighted by Gasteiger charge is 2.10. The zero-order valence-electron chi connectivity index (χ0n) is 5.04. The summed E-state index contributed by atoms with van der Waals surface area (Å²) in [5.74, 6) is 3.48. The first-order valence-electron chi connectivity index (χ1n) is 2.57. The Morgan fingerprint density at radius 3 is 2.89 bits per heavy atom. The average Bonchev–Trinajstić information content (AvgIpc) is 2.63. The monoisotopic (exact) mass is 119 g/mol. The molecule has 2 nitrogen and oxygen atoms in total. The normalized spacial score (nSPS) is 13.6. The maximum absolute atomic E-state index is 3.90. The highest BCUT2D eigenvalue weighted by molar-refractivity contribution is 5.71. The van der Waals surface area contributed by atoms with Gasteiger partial charge in [0.1, 0.15) is 12.1 Å². The standard InChI is InChI=1S/C7H7N2/c1-3-4-8-7(2)9-5-6-9/h3-5H,1-2H2/q+1. The van der Waals surface area contributed by atoms with Gasteiger partial charge in [-0.15, -0.1) is 4.58 Å². The second kappa shape index (κ2) is 2.25. The summed E-state index contributed by atoms with van der Waals surface area (Å²) in [5, 5.41) is 0. The third kappa shape index (κ3) is 1.52. The predicted molar refractivity (Wildman–Crippen MR) is 37.7 cm³/mol. The summed E-state index contributed by atoms with van der Waals surface area (Å²) in [6.45, 7) is 7.11. The molecule has 9 heavy (non-hydrogen) atoms. The summed E-state index contributed by atoms with van der Waals surface area (Å²) in [6.07, 6.45) is 4.97. The fraction of sp³-hybridized carbons (Fsp3) is 0. The summed E-state index contributed by atoms with van der Waals surface area (Å²) in [7, 11) is 0. The van der Waals surface area contributed by atoms with Crippen molar-refractivity contribution in [1.29, 1.82) is 0 Å². The van der Waals surface area contributed by atoms with E-state index in [0.29, 0.717) is 5.82 Å². The van der Waals surface area contributed by atoms with Crippen LogP contribution in [0.25, 0.3) is 0 Å². The van der Waals surface area contributed by atoms with Crippen molar-refractivity contribution in [3.63, 3.8) is 0 Å². The molecule has 1 rings (SSSR count). The van der Waals surface area contributed by atoms with Gasteiger partial charge in [-0.25, -0.2) is 0 Å². The van der Waals surface area contributed by atoms with Gasteiger partial charge in [0.15, 0.2) is 6.20 Å². The molecule has 0 unspecified atom stereocenters. The SMILES string of the molecule is C=CC=NC(=C)[N+]1=C=C1. The van der Waals surface area contributed by atoms with Crippen LogP contribution in [0, 0.1) is 0 Å². The summed E-state index contributed by atoms with van der Waals surface area (Å²) in [4.78, 5) is 3.90. The van der Waals surface area contributed by atoms with Crippen LogP contribution in [0.3, 0.4) is 0 Å². The Labute approximate surface area is 53.9 Å². The summed E-state index contributed by atoms with van der Waals surface area (Å²) >= 11 is 0. The van der Waals surface area contributed by atoms with Gasteiger partial charge in [0.2, 0.25) is 0 Å². The molecule has 0 amide bonds. The van der Waals surface area contributed by atoms with Crippen molar-refractivity contribution >= 4 is 12.1 Å². The number of hydrogen-bond acceptors (Lipinski definition) is 1. The van der Waals surface area contributed by atoms with E-state index in [2.05, 4.69) is 24.0 Å². The molecule has 0 saturated carbocycles. The Morgan fingerprint density at radius 1 is 1.78 bits per heavy atom. The van der Waals surface area contributed by atoms with E-state index in [-0.39, 0.29) is 0 Å². The van der Waals surface area contributed by atoms with Crippen molar-refractivity contribution in [2.24, 2.45) is 4.99 Å². The fourth-order valence-electron chi connectivity index (χ4n) is 0.379. The molecular formula is C7H7N2+. The Kier molecular flexibility index (Phi) is 1.43. The lowest BCUT2D eigenvalue weighted by atomic mass is 10.7. The van der Waals surface area contributed by atoms with Crippen LogP contribution in [0.4, 0.5) is 0 Å². The topological polar surface area (TPSA) is 15.4 Å². The molecule has 0 aliphatic carbocycles. The van der Waals surface area contributed by atoms with Gasteiger partial charge in [0, 0.05) is 0 Å². The van der Waals surface area contributed by atoms with Gasteiger partial charge < -0.3 is 0 Å². The van der Waals surface area contributed by atoms with Crippen LogP contribution < -0.4 is 0 Å². The van der Waals surface area contributed by atoms with E-state index in [4.69, 9.17) is 0 Å². The van der Waals surface area contributed by atoms with E-state index >= 15 is 0 Å². The molecule has 0 spiro atoms. The molecule has 1 heterocycles. The highest BCUT2D eigenvalue weighted by atomic mass is 15.1. The van der Waals surface area contributed by atoms with Gasteiger partial charge in [-0.1, -0.05) is 6.58 Å². The molecular weight excluding hydrogens is 112 g/mol. The van der Waals surface area contributed by atoms with Gasteiger partial charge >= 0.3 is 5.82 Å². The molecule has 1 aliphatic heterocycles. The zero-order valence-corrected chi connectivity index (χ0v) is 5.04. The maximum Gasteiger partial charge on any atom is 0.329 e. The minimum Gasteiger partial charge on any atom is -0.143 e. The van der Waals surface area contributed by atoms with Crippen LogP contribution in [0.2, 0.25) is 0 Å². The summed E-state index contributed by atoms with van der Waals surface area (Å²) in [5.41, 5.74) is 0. The van der Waals surface area contributed by atoms with Crippen molar-refractivity contribution in [3.8, 4) is 0 Å². The summed E-state index contributed by atoms with van der Waals surface area (Å²) in [6, 6.07) is 0. The molecule has 44 valence electrons. The first kappa shape index (κ1) is 5.73. The zero-order chi connectivity index (χ0) is 6.69. The van der Waals surface area contributed by atoms with Gasteiger partial charge in [0.05, 0.1) is 0 Å². The Bertz CT molecular complexity index is 240. The fourth-order valence-corrected chi connectivity index (χ4v) is 0.379. The minimum atomic E-state index is 0.676. The summed E-state index contributed by atoms with van der Waals surface area (Å²) < 4.78 is 1.71. The van der Waals surface area contributed by atoms with E-state index in [1.165, 1.54) is 0 Å². The predicted octanol–water partition coefficient (Wildman–Crippen LogP) is 0.924. The second-order valence-electron chi connectivity index (χ2n) is 1.56. The second-order valence-corrected chi connectivity index (χ2v) is 1.56. The van der Waals surface area contributed by atoms with Gasteiger partial charge in [-0.2, -0.15) is 0 Å². The van der Waals surface area contributed by atoms with E-state index < -0.39 is 0 Å². The van der Waals surface area contributed by atoms with Crippen LogP contribution in [0.1, 0.15) is 0 Å². The average molecular weight is 119 g/mol. The Hall–Kier alpha value is -1.40. The molecule has 0 fully saturated rings. The van der Waals surface area contributed by atoms with Gasteiger partial charge in [-0.05, 0) is 17.6 Å². The van der Waals surface area contributed by atoms with Crippen LogP contribution in [0.5, 0.6) is 0 Å². The van der Waals surface area contributed by atoms with Gasteiger partial charge in [0.25, 0.3) is 0 Å². The molecule has 0 aromatic rings. The number of allylic oxidation sites excluding steroid dienone is 1. The van der Waals surface area contributed by atoms with E-state index in [1.54, 1.807) is 23.1 Å². The third-order valence-electron chi connectivity index (χ3n) is 0.865. The van der Waals surface area contributed by atoms with Crippen molar-refractivity contribution in [3.05, 3.63) is 31.3 Å². The van der Waals surface area contributed by atoms with E-state index in [9.17, 15) is 0 Å². The van der Waals surface area contributed by atoms with Crippen LogP contribution in [-0.2, 0) is 0 Å². The molecule has 0 aromatic carbocycles. The van der Waals surface area contributed by atoms with Crippen molar-refractivity contribution in [2.45, 2.75) is 0 Å². The molecule has 0 N–H and O–H groups in total. The van der Waals surface area contributed by atoms with E-state index in [1.807, 2.05) is 0 Å². The molecule has 0 bridgehead atoms. The lowest BCUT2D eigenvalue weighted by Gasteiger charge is -1.74. The first-order chi connectivity index (χ1) is 4.34. The first-order valence-corrected chi connectivity index (χ1v) is 2.57. The lowest BCUT2D eigenvalue weighted by molar-refractivity contribution is -0.348. The molecule has 1 aliphatic rings.